The second kappa shape index (κ2) is 24.3. The van der Waals surface area contributed by atoms with Crippen molar-refractivity contribution in [2.24, 2.45) is 5.73 Å². The zero-order chi connectivity index (χ0) is 49.8. The van der Waals surface area contributed by atoms with Gasteiger partial charge in [-0.25, -0.2) is 14.2 Å². The predicted octanol–water partition coefficient (Wildman–Crippen LogP) is 1.51. The van der Waals surface area contributed by atoms with E-state index in [0.29, 0.717) is 54.0 Å². The molecule has 69 heavy (non-hydrogen) atoms. The zero-order valence-corrected chi connectivity index (χ0v) is 39.5. The lowest BCUT2D eigenvalue weighted by molar-refractivity contribution is -0.157. The highest BCUT2D eigenvalue weighted by Crippen LogP contribution is 2.42. The molecule has 2 aromatic heterocycles. The SMILES string of the molecule is CC.Cc1c(F)cc2nc3c(c4c2c1CCC4)Cn1c-3cc2c(c1=O)COC(=O)C2O.NC(=O)COC1CCCN1C(=O)CNC(=O)CNC(=O)CNC(=O)CNC(=O)COC1CCCCCCC1. The minimum absolute atomic E-state index is 0.0633. The van der Waals surface area contributed by atoms with Crippen LogP contribution >= 0.6 is 0 Å². The molecule has 2 unspecified atom stereocenters. The summed E-state index contributed by atoms with van der Waals surface area (Å²) < 4.78 is 32.0. The van der Waals surface area contributed by atoms with Crippen molar-refractivity contribution < 1.29 is 57.3 Å². The second-order valence-corrected chi connectivity index (χ2v) is 17.3. The number of fused-ring (bicyclic) bond motifs is 5. The van der Waals surface area contributed by atoms with E-state index < -0.39 is 54.4 Å². The number of rotatable bonds is 14. The smallest absolute Gasteiger partial charge is 0.340 e. The van der Waals surface area contributed by atoms with E-state index in [0.717, 1.165) is 67.0 Å². The fourth-order valence-electron chi connectivity index (χ4n) is 9.27. The van der Waals surface area contributed by atoms with E-state index in [2.05, 4.69) is 21.3 Å². The third-order valence-corrected chi connectivity index (χ3v) is 12.8. The Morgan fingerprint density at radius 2 is 1.41 bits per heavy atom. The molecule has 374 valence electrons. The largest absolute Gasteiger partial charge is 0.458 e. The molecule has 2 atom stereocenters. The zero-order valence-electron chi connectivity index (χ0n) is 39.5. The number of aliphatic hydroxyl groups excluding tert-OH is 1. The van der Waals surface area contributed by atoms with Crippen LogP contribution in [0.15, 0.2) is 16.9 Å². The number of pyridine rings is 2. The topological polar surface area (TPSA) is 280 Å². The van der Waals surface area contributed by atoms with Gasteiger partial charge in [0.1, 0.15) is 31.9 Å². The molecule has 5 heterocycles. The molecule has 1 aromatic carbocycles. The lowest BCUT2D eigenvalue weighted by Crippen LogP contribution is -2.47. The maximum atomic E-state index is 14.5. The lowest BCUT2D eigenvalue weighted by Gasteiger charge is -2.24. The van der Waals surface area contributed by atoms with Gasteiger partial charge >= 0.3 is 5.97 Å². The number of nitrogens with zero attached hydrogens (tertiary/aromatic N) is 3. The van der Waals surface area contributed by atoms with E-state index in [1.807, 2.05) is 13.8 Å². The number of halogens is 1. The van der Waals surface area contributed by atoms with Gasteiger partial charge in [0, 0.05) is 29.1 Å². The molecular formula is C48H63FN8O12. The number of cyclic esters (lactones) is 1. The Labute approximate surface area is 398 Å². The number of hydrogen-bond donors (Lipinski definition) is 6. The Hall–Kier alpha value is -6.32. The predicted molar refractivity (Wildman–Crippen MR) is 247 cm³/mol. The highest BCUT2D eigenvalue weighted by atomic mass is 19.1. The maximum absolute atomic E-state index is 14.5. The molecule has 3 aromatic rings. The quantitative estimate of drug-likeness (QED) is 0.0980. The van der Waals surface area contributed by atoms with Gasteiger partial charge in [0.25, 0.3) is 5.56 Å². The highest BCUT2D eigenvalue weighted by Gasteiger charge is 2.36. The number of likely N-dealkylation sites (tertiary alicyclic amines) is 1. The highest BCUT2D eigenvalue weighted by molar-refractivity contribution is 5.93. The lowest BCUT2D eigenvalue weighted by atomic mass is 9.85. The van der Waals surface area contributed by atoms with E-state index >= 15 is 0 Å². The van der Waals surface area contributed by atoms with Gasteiger partial charge in [-0.15, -0.1) is 0 Å². The second-order valence-electron chi connectivity index (χ2n) is 17.3. The summed E-state index contributed by atoms with van der Waals surface area (Å²) >= 11 is 0. The van der Waals surface area contributed by atoms with Crippen molar-refractivity contribution in [1.82, 2.24) is 35.7 Å². The van der Waals surface area contributed by atoms with Crippen molar-refractivity contribution in [2.75, 3.05) is 45.9 Å². The molecule has 2 fully saturated rings. The molecule has 3 aliphatic heterocycles. The van der Waals surface area contributed by atoms with Crippen molar-refractivity contribution in [3.05, 3.63) is 61.7 Å². The molecule has 0 radical (unpaired) electrons. The van der Waals surface area contributed by atoms with Crippen LogP contribution in [0.1, 0.15) is 118 Å². The summed E-state index contributed by atoms with van der Waals surface area (Å²) in [4.78, 5) is 102. The normalized spacial score (nSPS) is 18.0. The van der Waals surface area contributed by atoms with Crippen molar-refractivity contribution in [3.8, 4) is 11.4 Å². The molecule has 20 nitrogen and oxygen atoms in total. The van der Waals surface area contributed by atoms with Crippen LogP contribution in [0.4, 0.5) is 4.39 Å². The van der Waals surface area contributed by atoms with Gasteiger partial charge in [-0.05, 0) is 74.6 Å². The molecule has 7 N–H and O–H groups in total. The van der Waals surface area contributed by atoms with E-state index in [1.165, 1.54) is 30.2 Å². The third kappa shape index (κ3) is 12.9. The van der Waals surface area contributed by atoms with Crippen LogP contribution in [0.3, 0.4) is 0 Å². The molecule has 2 aliphatic carbocycles. The van der Waals surface area contributed by atoms with Crippen molar-refractivity contribution in [1.29, 1.82) is 0 Å². The van der Waals surface area contributed by atoms with Gasteiger partial charge in [-0.2, -0.15) is 0 Å². The fraction of sp³-hybridized carbons (Fsp3) is 0.562. The van der Waals surface area contributed by atoms with E-state index in [9.17, 15) is 47.9 Å². The van der Waals surface area contributed by atoms with Crippen LogP contribution < -0.4 is 32.6 Å². The number of nitrogens with two attached hydrogens (primary N) is 1. The summed E-state index contributed by atoms with van der Waals surface area (Å²) in [5, 5.41) is 20.8. The number of aromatic nitrogens is 2. The number of benzene rings is 1. The van der Waals surface area contributed by atoms with Crippen molar-refractivity contribution >= 4 is 52.3 Å². The van der Waals surface area contributed by atoms with E-state index in [-0.39, 0.29) is 68.4 Å². The monoisotopic (exact) mass is 962 g/mol. The van der Waals surface area contributed by atoms with Gasteiger partial charge in [-0.3, -0.25) is 33.6 Å². The molecule has 21 heteroatoms. The van der Waals surface area contributed by atoms with Crippen LogP contribution in [0.5, 0.6) is 0 Å². The molecule has 1 saturated carbocycles. The number of amides is 6. The Balaban J connectivity index is 0.000000224. The number of aliphatic hydroxyl groups is 1. The van der Waals surface area contributed by atoms with Crippen molar-refractivity contribution in [2.45, 2.75) is 129 Å². The third-order valence-electron chi connectivity index (χ3n) is 12.8. The first-order valence-electron chi connectivity index (χ1n) is 23.8. The Morgan fingerprint density at radius 1 is 0.783 bits per heavy atom. The van der Waals surface area contributed by atoms with E-state index in [4.69, 9.17) is 24.9 Å². The van der Waals surface area contributed by atoms with Gasteiger partial charge < -0.3 is 55.8 Å². The Bertz CT molecular complexity index is 2510. The summed E-state index contributed by atoms with van der Waals surface area (Å²) in [6, 6.07) is 3.13. The number of aryl methyl sites for hydroxylation is 2. The minimum Gasteiger partial charge on any atom is -0.458 e. The summed E-state index contributed by atoms with van der Waals surface area (Å²) in [6.07, 6.45) is 9.51. The molecular weight excluding hydrogens is 900 g/mol. The number of primary amides is 1. The first-order valence-corrected chi connectivity index (χ1v) is 23.8. The average molecular weight is 963 g/mol. The van der Waals surface area contributed by atoms with Crippen molar-refractivity contribution in [3.63, 3.8) is 0 Å². The maximum Gasteiger partial charge on any atom is 0.340 e. The van der Waals surface area contributed by atoms with Crippen LogP contribution in [0.25, 0.3) is 22.3 Å². The molecule has 1 saturated heterocycles. The fourth-order valence-corrected chi connectivity index (χ4v) is 9.27. The van der Waals surface area contributed by atoms with Crippen LogP contribution in [0.2, 0.25) is 0 Å². The first-order chi connectivity index (χ1) is 33.2. The minimum atomic E-state index is -1.48. The molecule has 6 amide bonds. The molecule has 5 aliphatic rings. The summed E-state index contributed by atoms with van der Waals surface area (Å²) in [5.74, 6) is -4.23. The number of carbonyl (C=O) groups is 7. The van der Waals surface area contributed by atoms with Gasteiger partial charge in [0.2, 0.25) is 35.4 Å². The van der Waals surface area contributed by atoms with Crippen LogP contribution in [0, 0.1) is 12.7 Å². The summed E-state index contributed by atoms with van der Waals surface area (Å²) in [6.45, 7) is 4.69. The molecule has 0 spiro atoms. The number of esters is 1. The van der Waals surface area contributed by atoms with E-state index in [1.54, 1.807) is 17.6 Å². The number of nitrogens with one attached hydrogen (secondary N) is 4. The van der Waals surface area contributed by atoms with Gasteiger partial charge in [0.15, 0.2) is 6.10 Å². The summed E-state index contributed by atoms with van der Waals surface area (Å²) in [5.41, 5.74) is 10.9. The summed E-state index contributed by atoms with van der Waals surface area (Å²) in [7, 11) is 0. The number of carbonyl (C=O) groups excluding carboxylic acids is 7. The van der Waals surface area contributed by atoms with Gasteiger partial charge in [0.05, 0.1) is 61.3 Å². The first kappa shape index (κ1) is 52.1. The van der Waals surface area contributed by atoms with Crippen LogP contribution in [-0.2, 0) is 73.8 Å². The Kier molecular flexibility index (Phi) is 18.3. The molecule has 8 rings (SSSR count). The standard InChI is InChI=1S/C24H40N6O8.C22H17FN2O4.C2H6/c25-18(31)15-38-24-9-6-10-30(24)23(36)14-29-21(34)12-27-19(32)11-26-20(33)13-28-22(35)16-37-17-7-4-2-1-3-5-8-17;1-9-10-3-2-4-11-13-7-25-17(19(13)24-16(18(10)11)6-15(9)23)5-12-14(21(25)27)8-29-22(28)20(12)26;1-2/h17,24H,1-16H2,(H2,25,31)(H,26,33)(H,27,32)(H,28,35)(H,29,34);5-6,20,26H,2-4,7-8H2,1H3;1-2H3. The Morgan fingerprint density at radius 3 is 2.07 bits per heavy atom. The number of hydrogen-bond acceptors (Lipinski definition) is 13. The number of ether oxygens (including phenoxy) is 3. The van der Waals surface area contributed by atoms with Crippen LogP contribution in [-0.4, -0.2) is 119 Å². The van der Waals surface area contributed by atoms with Gasteiger partial charge in [-0.1, -0.05) is 46.0 Å². The average Bonchev–Trinajstić information content (AvgIpc) is 3.97. The molecule has 0 bridgehead atoms.